The van der Waals surface area contributed by atoms with Crippen LogP contribution >= 0.6 is 24.0 Å². The molecule has 1 saturated carbocycles. The van der Waals surface area contributed by atoms with Crippen LogP contribution in [0.15, 0.2) is 23.2 Å². The Kier molecular flexibility index (Phi) is 8.42. The zero-order chi connectivity index (χ0) is 20.1. The standard InChI is InChI=1S/C21H32N4O3.HI/c1-22-20(23-15-21(9-5-6-10-21)19(26)24(2)3)25(4)14-16-7-8-17-18(13-16)28-12-11-27-17;/h7-8,13H,5-6,9-12,14-15H2,1-4H3,(H,22,23);1H. The lowest BCUT2D eigenvalue weighted by atomic mass is 9.84. The Balaban J connectivity index is 0.00000300. The molecule has 0 unspecified atom stereocenters. The molecule has 1 N–H and O–H groups in total. The number of benzene rings is 1. The average Bonchev–Trinajstić information content (AvgIpc) is 3.17. The summed E-state index contributed by atoms with van der Waals surface area (Å²) in [4.78, 5) is 21.0. The largest absolute Gasteiger partial charge is 0.486 e. The molecule has 0 bridgehead atoms. The monoisotopic (exact) mass is 516 g/mol. The first-order valence-corrected chi connectivity index (χ1v) is 9.97. The van der Waals surface area contributed by atoms with Gasteiger partial charge in [-0.1, -0.05) is 18.9 Å². The Bertz CT molecular complexity index is 733. The topological polar surface area (TPSA) is 66.4 Å². The molecule has 0 spiro atoms. The van der Waals surface area contributed by atoms with Crippen LogP contribution in [0.2, 0.25) is 0 Å². The summed E-state index contributed by atoms with van der Waals surface area (Å²) in [5.74, 6) is 2.59. The third-order valence-corrected chi connectivity index (χ3v) is 5.61. The fraction of sp³-hybridized carbons (Fsp3) is 0.619. The van der Waals surface area contributed by atoms with E-state index >= 15 is 0 Å². The first-order chi connectivity index (χ1) is 13.4. The number of amides is 1. The van der Waals surface area contributed by atoms with E-state index in [2.05, 4.69) is 15.2 Å². The first kappa shape index (κ1) is 23.6. The minimum Gasteiger partial charge on any atom is -0.486 e. The van der Waals surface area contributed by atoms with Crippen LogP contribution in [-0.4, -0.2) is 69.6 Å². The molecule has 1 aromatic rings. The van der Waals surface area contributed by atoms with Crippen molar-refractivity contribution >= 4 is 35.8 Å². The normalized spacial score (nSPS) is 17.3. The zero-order valence-corrected chi connectivity index (χ0v) is 20.2. The van der Waals surface area contributed by atoms with Gasteiger partial charge in [-0.25, -0.2) is 0 Å². The number of aliphatic imine (C=N–C) groups is 1. The second-order valence-electron chi connectivity index (χ2n) is 7.92. The van der Waals surface area contributed by atoms with Gasteiger partial charge in [0.25, 0.3) is 0 Å². The highest BCUT2D eigenvalue weighted by molar-refractivity contribution is 14.0. The van der Waals surface area contributed by atoms with Crippen molar-refractivity contribution in [3.63, 3.8) is 0 Å². The fourth-order valence-electron chi connectivity index (χ4n) is 4.16. The molecule has 1 aromatic carbocycles. The molecule has 1 fully saturated rings. The number of guanidine groups is 1. The van der Waals surface area contributed by atoms with Crippen molar-refractivity contribution in [2.75, 3.05) is 47.9 Å². The number of carbonyl (C=O) groups is 1. The summed E-state index contributed by atoms with van der Waals surface area (Å²) in [5.41, 5.74) is 0.798. The van der Waals surface area contributed by atoms with Gasteiger partial charge >= 0.3 is 0 Å². The van der Waals surface area contributed by atoms with E-state index in [0.717, 1.165) is 48.7 Å². The Morgan fingerprint density at radius 1 is 1.14 bits per heavy atom. The molecule has 8 heteroatoms. The quantitative estimate of drug-likeness (QED) is 0.371. The van der Waals surface area contributed by atoms with E-state index < -0.39 is 0 Å². The van der Waals surface area contributed by atoms with Gasteiger partial charge < -0.3 is 24.6 Å². The summed E-state index contributed by atoms with van der Waals surface area (Å²) in [7, 11) is 7.45. The molecule has 0 radical (unpaired) electrons. The van der Waals surface area contributed by atoms with Gasteiger partial charge in [0.05, 0.1) is 5.41 Å². The Morgan fingerprint density at radius 2 is 1.79 bits per heavy atom. The molecule has 0 saturated heterocycles. The van der Waals surface area contributed by atoms with Gasteiger partial charge in [-0.3, -0.25) is 9.79 Å². The summed E-state index contributed by atoms with van der Waals surface area (Å²) >= 11 is 0. The number of rotatable bonds is 5. The van der Waals surface area contributed by atoms with E-state index in [1.165, 1.54) is 0 Å². The Morgan fingerprint density at radius 3 is 2.41 bits per heavy atom. The molecule has 162 valence electrons. The van der Waals surface area contributed by atoms with Gasteiger partial charge in [-0.2, -0.15) is 0 Å². The fourth-order valence-corrected chi connectivity index (χ4v) is 4.16. The van der Waals surface area contributed by atoms with E-state index in [1.54, 1.807) is 11.9 Å². The van der Waals surface area contributed by atoms with Gasteiger partial charge in [-0.05, 0) is 30.5 Å². The minimum absolute atomic E-state index is 0. The van der Waals surface area contributed by atoms with Crippen molar-refractivity contribution in [2.24, 2.45) is 10.4 Å². The number of carbonyl (C=O) groups excluding carboxylic acids is 1. The summed E-state index contributed by atoms with van der Waals surface area (Å²) in [6.45, 7) is 2.47. The van der Waals surface area contributed by atoms with E-state index in [4.69, 9.17) is 9.47 Å². The van der Waals surface area contributed by atoms with Crippen molar-refractivity contribution in [2.45, 2.75) is 32.2 Å². The van der Waals surface area contributed by atoms with Crippen LogP contribution < -0.4 is 14.8 Å². The summed E-state index contributed by atoms with van der Waals surface area (Å²) in [6.07, 6.45) is 4.07. The third-order valence-electron chi connectivity index (χ3n) is 5.61. The number of hydrogen-bond donors (Lipinski definition) is 1. The van der Waals surface area contributed by atoms with Crippen LogP contribution in [0.3, 0.4) is 0 Å². The molecule has 1 aliphatic heterocycles. The highest BCUT2D eigenvalue weighted by Gasteiger charge is 2.42. The van der Waals surface area contributed by atoms with Gasteiger partial charge in [0.2, 0.25) is 5.91 Å². The number of halogens is 1. The van der Waals surface area contributed by atoms with Crippen LogP contribution in [0.25, 0.3) is 0 Å². The number of nitrogens with zero attached hydrogens (tertiary/aromatic N) is 3. The summed E-state index contributed by atoms with van der Waals surface area (Å²) < 4.78 is 11.3. The number of ether oxygens (including phenoxy) is 2. The highest BCUT2D eigenvalue weighted by atomic mass is 127. The minimum atomic E-state index is -0.322. The molecule has 1 amide bonds. The number of fused-ring (bicyclic) bond motifs is 1. The van der Waals surface area contributed by atoms with Crippen LogP contribution in [0.5, 0.6) is 11.5 Å². The molecule has 7 nitrogen and oxygen atoms in total. The predicted molar refractivity (Wildman–Crippen MR) is 125 cm³/mol. The lowest BCUT2D eigenvalue weighted by Crippen LogP contribution is -2.49. The Hall–Kier alpha value is -1.71. The van der Waals surface area contributed by atoms with Gasteiger partial charge in [-0.15, -0.1) is 24.0 Å². The van der Waals surface area contributed by atoms with Crippen LogP contribution in [-0.2, 0) is 11.3 Å². The molecule has 2 aliphatic rings. The summed E-state index contributed by atoms with van der Waals surface area (Å²) in [5, 5.41) is 3.44. The maximum atomic E-state index is 12.8. The van der Waals surface area contributed by atoms with E-state index in [1.807, 2.05) is 39.3 Å². The molecule has 29 heavy (non-hydrogen) atoms. The second kappa shape index (κ2) is 10.4. The molecular weight excluding hydrogens is 483 g/mol. The molecule has 1 heterocycles. The lowest BCUT2D eigenvalue weighted by Gasteiger charge is -2.32. The van der Waals surface area contributed by atoms with Crippen molar-refractivity contribution in [3.8, 4) is 11.5 Å². The number of hydrogen-bond acceptors (Lipinski definition) is 4. The van der Waals surface area contributed by atoms with E-state index in [-0.39, 0.29) is 35.3 Å². The van der Waals surface area contributed by atoms with Gasteiger partial charge in [0.15, 0.2) is 17.5 Å². The Labute approximate surface area is 190 Å². The van der Waals surface area contributed by atoms with Gasteiger partial charge in [0, 0.05) is 41.3 Å². The maximum Gasteiger partial charge on any atom is 0.230 e. The molecule has 0 atom stereocenters. The second-order valence-corrected chi connectivity index (χ2v) is 7.92. The molecule has 3 rings (SSSR count). The van der Waals surface area contributed by atoms with Crippen LogP contribution in [0.4, 0.5) is 0 Å². The molecular formula is C21H33IN4O3. The predicted octanol–water partition coefficient (Wildman–Crippen LogP) is 2.73. The van der Waals surface area contributed by atoms with E-state index in [9.17, 15) is 4.79 Å². The smallest absolute Gasteiger partial charge is 0.230 e. The van der Waals surface area contributed by atoms with Crippen molar-refractivity contribution in [1.29, 1.82) is 0 Å². The maximum absolute atomic E-state index is 12.8. The van der Waals surface area contributed by atoms with Gasteiger partial charge in [0.1, 0.15) is 13.2 Å². The lowest BCUT2D eigenvalue weighted by molar-refractivity contribution is -0.138. The molecule has 0 aromatic heterocycles. The number of nitrogens with one attached hydrogen (secondary N) is 1. The zero-order valence-electron chi connectivity index (χ0n) is 17.9. The third kappa shape index (κ3) is 5.46. The van der Waals surface area contributed by atoms with E-state index in [0.29, 0.717) is 26.3 Å². The molecule has 1 aliphatic carbocycles. The van der Waals surface area contributed by atoms with Crippen molar-refractivity contribution < 1.29 is 14.3 Å². The first-order valence-electron chi connectivity index (χ1n) is 9.97. The summed E-state index contributed by atoms with van der Waals surface area (Å²) in [6, 6.07) is 6.02. The van der Waals surface area contributed by atoms with Crippen molar-refractivity contribution in [1.82, 2.24) is 15.1 Å². The van der Waals surface area contributed by atoms with Crippen LogP contribution in [0, 0.1) is 5.41 Å². The average molecular weight is 516 g/mol. The SMILES string of the molecule is CN=C(NCC1(C(=O)N(C)C)CCCC1)N(C)Cc1ccc2c(c1)OCCO2.I. The van der Waals surface area contributed by atoms with Crippen LogP contribution in [0.1, 0.15) is 31.2 Å². The highest BCUT2D eigenvalue weighted by Crippen LogP contribution is 2.39. The van der Waals surface area contributed by atoms with Crippen molar-refractivity contribution in [3.05, 3.63) is 23.8 Å².